The van der Waals surface area contributed by atoms with E-state index >= 15 is 0 Å². The number of aryl methyl sites for hydroxylation is 1. The summed E-state index contributed by atoms with van der Waals surface area (Å²) in [7, 11) is 1.76. The first-order valence-electron chi connectivity index (χ1n) is 4.19. The Bertz CT molecular complexity index is 487. The van der Waals surface area contributed by atoms with Gasteiger partial charge in [-0.2, -0.15) is 5.10 Å². The van der Waals surface area contributed by atoms with Crippen molar-refractivity contribution < 1.29 is 0 Å². The summed E-state index contributed by atoms with van der Waals surface area (Å²) >= 11 is 11.7. The van der Waals surface area contributed by atoms with Crippen LogP contribution >= 0.6 is 23.2 Å². The van der Waals surface area contributed by atoms with Gasteiger partial charge in [-0.15, -0.1) is 0 Å². The van der Waals surface area contributed by atoms with Crippen molar-refractivity contribution in [3.8, 4) is 11.3 Å². The SMILES string of the molecule is Cn1nc(-c2cnc(Cl)cc2Cl)cc1N. The van der Waals surface area contributed by atoms with Crippen molar-refractivity contribution in [1.29, 1.82) is 0 Å². The number of hydrogen-bond acceptors (Lipinski definition) is 3. The molecule has 2 heterocycles. The van der Waals surface area contributed by atoms with Crippen LogP contribution in [-0.4, -0.2) is 14.8 Å². The van der Waals surface area contributed by atoms with Crippen LogP contribution in [0.3, 0.4) is 0 Å². The van der Waals surface area contributed by atoms with Gasteiger partial charge in [-0.3, -0.25) is 4.68 Å². The van der Waals surface area contributed by atoms with E-state index in [9.17, 15) is 0 Å². The van der Waals surface area contributed by atoms with Crippen molar-refractivity contribution in [3.05, 3.63) is 28.5 Å². The van der Waals surface area contributed by atoms with Crippen LogP contribution in [0.25, 0.3) is 11.3 Å². The third-order valence-corrected chi connectivity index (χ3v) is 2.53. The predicted molar refractivity (Wildman–Crippen MR) is 60.9 cm³/mol. The zero-order valence-electron chi connectivity index (χ0n) is 7.91. The van der Waals surface area contributed by atoms with Crippen molar-refractivity contribution in [2.24, 2.45) is 7.05 Å². The molecule has 78 valence electrons. The monoisotopic (exact) mass is 242 g/mol. The van der Waals surface area contributed by atoms with E-state index in [1.165, 1.54) is 0 Å². The van der Waals surface area contributed by atoms with Gasteiger partial charge in [0.05, 0.1) is 10.7 Å². The topological polar surface area (TPSA) is 56.7 Å². The minimum atomic E-state index is 0.354. The fourth-order valence-electron chi connectivity index (χ4n) is 1.21. The lowest BCUT2D eigenvalue weighted by Crippen LogP contribution is -1.96. The Kier molecular flexibility index (Phi) is 2.54. The van der Waals surface area contributed by atoms with Gasteiger partial charge in [-0.1, -0.05) is 23.2 Å². The molecule has 15 heavy (non-hydrogen) atoms. The number of pyridine rings is 1. The van der Waals surface area contributed by atoms with Gasteiger partial charge in [-0.05, 0) is 6.07 Å². The first kappa shape index (κ1) is 10.3. The van der Waals surface area contributed by atoms with Crippen LogP contribution in [0.4, 0.5) is 5.82 Å². The van der Waals surface area contributed by atoms with Crippen LogP contribution in [0.1, 0.15) is 0 Å². The highest BCUT2D eigenvalue weighted by atomic mass is 35.5. The van der Waals surface area contributed by atoms with Gasteiger partial charge < -0.3 is 5.73 Å². The van der Waals surface area contributed by atoms with E-state index in [0.717, 1.165) is 0 Å². The number of aromatic nitrogens is 3. The first-order chi connectivity index (χ1) is 7.08. The number of nitrogens with two attached hydrogens (primary N) is 1. The van der Waals surface area contributed by atoms with Gasteiger partial charge in [-0.25, -0.2) is 4.98 Å². The fourth-order valence-corrected chi connectivity index (χ4v) is 1.67. The van der Waals surface area contributed by atoms with E-state index in [1.54, 1.807) is 30.1 Å². The molecule has 0 amide bonds. The lowest BCUT2D eigenvalue weighted by Gasteiger charge is -1.99. The summed E-state index contributed by atoms with van der Waals surface area (Å²) in [6, 6.07) is 3.31. The molecule has 0 saturated carbocycles. The molecule has 0 aliphatic heterocycles. The molecule has 6 heteroatoms. The lowest BCUT2D eigenvalue weighted by molar-refractivity contribution is 0.782. The largest absolute Gasteiger partial charge is 0.384 e. The maximum absolute atomic E-state index is 6.01. The van der Waals surface area contributed by atoms with Crippen molar-refractivity contribution in [2.75, 3.05) is 5.73 Å². The Hall–Kier alpha value is -1.26. The average Bonchev–Trinajstić information content (AvgIpc) is 2.46. The van der Waals surface area contributed by atoms with Crippen LogP contribution < -0.4 is 5.73 Å². The van der Waals surface area contributed by atoms with Crippen molar-refractivity contribution in [2.45, 2.75) is 0 Å². The average molecular weight is 243 g/mol. The molecular formula is C9H8Cl2N4. The van der Waals surface area contributed by atoms with Crippen LogP contribution in [0, 0.1) is 0 Å². The standard InChI is InChI=1S/C9H8Cl2N4/c1-15-9(12)3-7(14-15)5-4-13-8(11)2-6(5)10/h2-4H,12H2,1H3. The van der Waals surface area contributed by atoms with E-state index in [0.29, 0.717) is 27.3 Å². The van der Waals surface area contributed by atoms with Crippen LogP contribution in [0.5, 0.6) is 0 Å². The molecular weight excluding hydrogens is 235 g/mol. The Morgan fingerprint density at radius 1 is 1.33 bits per heavy atom. The van der Waals surface area contributed by atoms with Gasteiger partial charge >= 0.3 is 0 Å². The molecule has 0 spiro atoms. The van der Waals surface area contributed by atoms with Crippen molar-refractivity contribution in [1.82, 2.24) is 14.8 Å². The zero-order valence-corrected chi connectivity index (χ0v) is 9.42. The van der Waals surface area contributed by atoms with E-state index in [-0.39, 0.29) is 0 Å². The molecule has 0 atom stereocenters. The van der Waals surface area contributed by atoms with Crippen LogP contribution in [-0.2, 0) is 7.05 Å². The number of anilines is 1. The Balaban J connectivity index is 2.54. The molecule has 2 N–H and O–H groups in total. The summed E-state index contributed by atoms with van der Waals surface area (Å²) in [4.78, 5) is 3.95. The molecule has 0 radical (unpaired) electrons. The predicted octanol–water partition coefficient (Wildman–Crippen LogP) is 2.37. The quantitative estimate of drug-likeness (QED) is 0.782. The van der Waals surface area contributed by atoms with E-state index in [2.05, 4.69) is 10.1 Å². The molecule has 4 nitrogen and oxygen atoms in total. The van der Waals surface area contributed by atoms with Crippen molar-refractivity contribution in [3.63, 3.8) is 0 Å². The van der Waals surface area contributed by atoms with E-state index in [4.69, 9.17) is 28.9 Å². The molecule has 0 fully saturated rings. The van der Waals surface area contributed by atoms with Gasteiger partial charge in [0.25, 0.3) is 0 Å². The third kappa shape index (κ3) is 1.91. The maximum atomic E-state index is 6.01. The number of rotatable bonds is 1. The first-order valence-corrected chi connectivity index (χ1v) is 4.94. The zero-order chi connectivity index (χ0) is 11.0. The Labute approximate surface area is 96.6 Å². The third-order valence-electron chi connectivity index (χ3n) is 2.01. The molecule has 0 bridgehead atoms. The Morgan fingerprint density at radius 3 is 2.60 bits per heavy atom. The lowest BCUT2D eigenvalue weighted by atomic mass is 10.2. The summed E-state index contributed by atoms with van der Waals surface area (Å²) in [5, 5.41) is 5.06. The molecule has 0 saturated heterocycles. The van der Waals surface area contributed by atoms with E-state index < -0.39 is 0 Å². The summed E-state index contributed by atoms with van der Waals surface area (Å²) in [5.41, 5.74) is 7.07. The highest BCUT2D eigenvalue weighted by Gasteiger charge is 2.09. The molecule has 0 unspecified atom stereocenters. The normalized spacial score (nSPS) is 10.6. The molecule has 0 aromatic carbocycles. The second-order valence-electron chi connectivity index (χ2n) is 3.06. The maximum Gasteiger partial charge on any atom is 0.130 e. The molecule has 2 aromatic rings. The minimum absolute atomic E-state index is 0.354. The highest BCUT2D eigenvalue weighted by molar-refractivity contribution is 6.35. The summed E-state index contributed by atoms with van der Waals surface area (Å²) in [6.45, 7) is 0. The molecule has 0 aliphatic carbocycles. The number of hydrogen-bond donors (Lipinski definition) is 1. The number of nitrogen functional groups attached to an aromatic ring is 1. The van der Waals surface area contributed by atoms with Crippen molar-refractivity contribution >= 4 is 29.0 Å². The summed E-state index contributed by atoms with van der Waals surface area (Å²) in [6.07, 6.45) is 1.58. The fraction of sp³-hybridized carbons (Fsp3) is 0.111. The minimum Gasteiger partial charge on any atom is -0.384 e. The van der Waals surface area contributed by atoms with Gasteiger partial charge in [0.1, 0.15) is 11.0 Å². The summed E-state index contributed by atoms with van der Waals surface area (Å²) in [5.74, 6) is 0.566. The second kappa shape index (κ2) is 3.72. The van der Waals surface area contributed by atoms with E-state index in [1.807, 2.05) is 0 Å². The Morgan fingerprint density at radius 2 is 2.07 bits per heavy atom. The van der Waals surface area contributed by atoms with Gasteiger partial charge in [0.2, 0.25) is 0 Å². The second-order valence-corrected chi connectivity index (χ2v) is 3.86. The number of halogens is 2. The summed E-state index contributed by atoms with van der Waals surface area (Å²) < 4.78 is 1.57. The molecule has 2 rings (SSSR count). The van der Waals surface area contributed by atoms with Crippen LogP contribution in [0.15, 0.2) is 18.3 Å². The number of nitrogens with zero attached hydrogens (tertiary/aromatic N) is 3. The van der Waals surface area contributed by atoms with Gasteiger partial charge in [0, 0.05) is 24.9 Å². The van der Waals surface area contributed by atoms with Crippen LogP contribution in [0.2, 0.25) is 10.2 Å². The highest BCUT2D eigenvalue weighted by Crippen LogP contribution is 2.28. The molecule has 0 aliphatic rings. The smallest absolute Gasteiger partial charge is 0.130 e. The van der Waals surface area contributed by atoms with Gasteiger partial charge in [0.15, 0.2) is 0 Å². The molecule has 2 aromatic heterocycles.